The van der Waals surface area contributed by atoms with Gasteiger partial charge in [-0.15, -0.1) is 0 Å². The van der Waals surface area contributed by atoms with Crippen LogP contribution in [0.1, 0.15) is 51.4 Å². The number of carbonyl (C=O) groups is 1. The maximum Gasteiger partial charge on any atom is 0.228 e. The molecule has 4 saturated carbocycles. The fourth-order valence-corrected chi connectivity index (χ4v) is 6.49. The van der Waals surface area contributed by atoms with Crippen LogP contribution in [0.5, 0.6) is 0 Å². The van der Waals surface area contributed by atoms with E-state index in [1.165, 1.54) is 38.5 Å². The zero-order valence-electron chi connectivity index (χ0n) is 11.8. The Morgan fingerprint density at radius 1 is 1.11 bits per heavy atom. The number of hydrogen-bond acceptors (Lipinski definition) is 2. The fraction of sp³-hybridized carbons (Fsp3) is 0.938. The summed E-state index contributed by atoms with van der Waals surface area (Å²) in [5, 5.41) is 3.13. The molecule has 1 amide bonds. The Kier molecular flexibility index (Phi) is 2.55. The summed E-state index contributed by atoms with van der Waals surface area (Å²) in [6, 6.07) is 0. The lowest BCUT2D eigenvalue weighted by Gasteiger charge is -2.63. The summed E-state index contributed by atoms with van der Waals surface area (Å²) < 4.78 is 0. The molecular weight excluding hydrogens is 236 g/mol. The molecule has 3 heteroatoms. The standard InChI is InChI=1S/C16H26N2O/c17-10-16(2-1-3-18-14(16)19)15-7-11-4-12(8-15)6-13(5-11)9-15/h11-13H,1-10,17H2,(H,18,19). The minimum atomic E-state index is -0.235. The Bertz CT molecular complexity index is 370. The Hall–Kier alpha value is -0.570. The van der Waals surface area contributed by atoms with E-state index in [1.807, 2.05) is 0 Å². The van der Waals surface area contributed by atoms with Crippen LogP contribution in [0.3, 0.4) is 0 Å². The second kappa shape index (κ2) is 3.97. The van der Waals surface area contributed by atoms with Gasteiger partial charge in [0.2, 0.25) is 5.91 Å². The van der Waals surface area contributed by atoms with Gasteiger partial charge in [-0.1, -0.05) is 0 Å². The highest BCUT2D eigenvalue weighted by molar-refractivity contribution is 5.84. The molecule has 19 heavy (non-hydrogen) atoms. The number of piperidine rings is 1. The van der Waals surface area contributed by atoms with Crippen LogP contribution in [0.2, 0.25) is 0 Å². The van der Waals surface area contributed by atoms with Gasteiger partial charge in [0.25, 0.3) is 0 Å². The van der Waals surface area contributed by atoms with Crippen LogP contribution in [0, 0.1) is 28.6 Å². The summed E-state index contributed by atoms with van der Waals surface area (Å²) in [5.41, 5.74) is 6.21. The lowest BCUT2D eigenvalue weighted by molar-refractivity contribution is -0.166. The first-order valence-electron chi connectivity index (χ1n) is 8.16. The number of nitrogens with two attached hydrogens (primary N) is 1. The molecule has 0 aromatic rings. The lowest BCUT2D eigenvalue weighted by atomic mass is 9.41. The highest BCUT2D eigenvalue weighted by atomic mass is 16.2. The van der Waals surface area contributed by atoms with Gasteiger partial charge < -0.3 is 11.1 Å². The molecule has 5 aliphatic rings. The van der Waals surface area contributed by atoms with Gasteiger partial charge in [-0.3, -0.25) is 4.79 Å². The quantitative estimate of drug-likeness (QED) is 0.800. The highest BCUT2D eigenvalue weighted by Crippen LogP contribution is 2.67. The van der Waals surface area contributed by atoms with E-state index >= 15 is 0 Å². The Morgan fingerprint density at radius 2 is 1.68 bits per heavy atom. The summed E-state index contributed by atoms with van der Waals surface area (Å²) in [5.74, 6) is 2.96. The second-order valence-electron chi connectivity index (χ2n) is 7.84. The number of carbonyl (C=O) groups excluding carboxylic acids is 1. The molecule has 0 spiro atoms. The summed E-state index contributed by atoms with van der Waals surface area (Å²) in [7, 11) is 0. The van der Waals surface area contributed by atoms with Crippen molar-refractivity contribution in [2.45, 2.75) is 51.4 Å². The monoisotopic (exact) mass is 262 g/mol. The van der Waals surface area contributed by atoms with E-state index in [0.717, 1.165) is 37.1 Å². The molecule has 3 nitrogen and oxygen atoms in total. The van der Waals surface area contributed by atoms with Crippen LogP contribution >= 0.6 is 0 Å². The van der Waals surface area contributed by atoms with E-state index < -0.39 is 0 Å². The highest BCUT2D eigenvalue weighted by Gasteiger charge is 2.62. The van der Waals surface area contributed by atoms with Crippen LogP contribution in [0.4, 0.5) is 0 Å². The molecule has 1 unspecified atom stereocenters. The minimum Gasteiger partial charge on any atom is -0.356 e. The molecule has 0 radical (unpaired) electrons. The first-order chi connectivity index (χ1) is 9.17. The molecule has 1 heterocycles. The Labute approximate surface area is 115 Å². The Morgan fingerprint density at radius 3 is 2.16 bits per heavy atom. The van der Waals surface area contributed by atoms with Crippen molar-refractivity contribution in [1.29, 1.82) is 0 Å². The average Bonchev–Trinajstić information content (AvgIpc) is 2.37. The minimum absolute atomic E-state index is 0.235. The van der Waals surface area contributed by atoms with Crippen LogP contribution < -0.4 is 11.1 Å². The third kappa shape index (κ3) is 1.51. The predicted molar refractivity (Wildman–Crippen MR) is 74.3 cm³/mol. The number of amides is 1. The molecule has 3 N–H and O–H groups in total. The number of hydrogen-bond donors (Lipinski definition) is 2. The van der Waals surface area contributed by atoms with Gasteiger partial charge in [0.05, 0.1) is 5.41 Å². The second-order valence-corrected chi connectivity index (χ2v) is 7.84. The van der Waals surface area contributed by atoms with Crippen molar-refractivity contribution < 1.29 is 4.79 Å². The van der Waals surface area contributed by atoms with Gasteiger partial charge >= 0.3 is 0 Å². The van der Waals surface area contributed by atoms with E-state index in [1.54, 1.807) is 0 Å². The largest absolute Gasteiger partial charge is 0.356 e. The SMILES string of the molecule is NCC1(C23CC4CC(CC(C4)C2)C3)CCCNC1=O. The van der Waals surface area contributed by atoms with Crippen molar-refractivity contribution >= 4 is 5.91 Å². The Balaban J connectivity index is 1.74. The van der Waals surface area contributed by atoms with Gasteiger partial charge in [0, 0.05) is 13.1 Å². The predicted octanol–water partition coefficient (Wildman–Crippen LogP) is 2.06. The van der Waals surface area contributed by atoms with Gasteiger partial charge in [0.15, 0.2) is 0 Å². The van der Waals surface area contributed by atoms with Gasteiger partial charge in [-0.25, -0.2) is 0 Å². The lowest BCUT2D eigenvalue weighted by Crippen LogP contribution is -2.64. The maximum absolute atomic E-state index is 12.7. The first-order valence-corrected chi connectivity index (χ1v) is 8.16. The molecule has 5 rings (SSSR count). The summed E-state index contributed by atoms with van der Waals surface area (Å²) in [6.45, 7) is 1.41. The molecule has 0 aromatic carbocycles. The summed E-state index contributed by atoms with van der Waals surface area (Å²) >= 11 is 0. The van der Waals surface area contributed by atoms with E-state index in [-0.39, 0.29) is 16.7 Å². The van der Waals surface area contributed by atoms with Gasteiger partial charge in [-0.05, 0) is 74.5 Å². The van der Waals surface area contributed by atoms with Crippen molar-refractivity contribution in [2.24, 2.45) is 34.3 Å². The molecule has 1 atom stereocenters. The van der Waals surface area contributed by atoms with Crippen molar-refractivity contribution in [1.82, 2.24) is 5.32 Å². The topological polar surface area (TPSA) is 55.1 Å². The molecule has 0 aromatic heterocycles. The molecule has 106 valence electrons. The number of rotatable bonds is 2. The third-order valence-electron chi connectivity index (χ3n) is 6.90. The van der Waals surface area contributed by atoms with Crippen molar-refractivity contribution in [3.8, 4) is 0 Å². The van der Waals surface area contributed by atoms with Crippen LogP contribution in [0.15, 0.2) is 0 Å². The molecule has 1 saturated heterocycles. The molecule has 4 aliphatic carbocycles. The van der Waals surface area contributed by atoms with Crippen LogP contribution in [0.25, 0.3) is 0 Å². The van der Waals surface area contributed by atoms with Crippen molar-refractivity contribution in [2.75, 3.05) is 13.1 Å². The smallest absolute Gasteiger partial charge is 0.228 e. The normalized spacial score (nSPS) is 52.3. The molecule has 1 aliphatic heterocycles. The fourth-order valence-electron chi connectivity index (χ4n) is 6.49. The van der Waals surface area contributed by atoms with Crippen LogP contribution in [-0.4, -0.2) is 19.0 Å². The van der Waals surface area contributed by atoms with Crippen LogP contribution in [-0.2, 0) is 4.79 Å². The molecular formula is C16H26N2O. The zero-order valence-corrected chi connectivity index (χ0v) is 11.8. The van der Waals surface area contributed by atoms with E-state index in [9.17, 15) is 4.79 Å². The van der Waals surface area contributed by atoms with E-state index in [2.05, 4.69) is 5.32 Å². The van der Waals surface area contributed by atoms with E-state index in [0.29, 0.717) is 6.54 Å². The summed E-state index contributed by atoms with van der Waals surface area (Å²) in [4.78, 5) is 12.7. The average molecular weight is 262 g/mol. The van der Waals surface area contributed by atoms with Crippen molar-refractivity contribution in [3.63, 3.8) is 0 Å². The van der Waals surface area contributed by atoms with Crippen molar-refractivity contribution in [3.05, 3.63) is 0 Å². The first kappa shape index (κ1) is 12.2. The number of nitrogens with one attached hydrogen (secondary N) is 1. The third-order valence-corrected chi connectivity index (χ3v) is 6.90. The van der Waals surface area contributed by atoms with Gasteiger partial charge in [0.1, 0.15) is 0 Å². The molecule has 5 fully saturated rings. The molecule has 4 bridgehead atoms. The maximum atomic E-state index is 12.7. The zero-order chi connectivity index (χ0) is 13.1. The summed E-state index contributed by atoms with van der Waals surface area (Å²) in [6.07, 6.45) is 10.3. The van der Waals surface area contributed by atoms with Gasteiger partial charge in [-0.2, -0.15) is 0 Å². The van der Waals surface area contributed by atoms with E-state index in [4.69, 9.17) is 5.73 Å².